The molecule has 0 radical (unpaired) electrons. The molecule has 1 heterocycles. The molecule has 1 aliphatic heterocycles. The molecular weight excluding hydrogens is 257 g/mol. The topological polar surface area (TPSA) is 40.5 Å². The first-order valence-electron chi connectivity index (χ1n) is 8.27. The smallest absolute Gasteiger partial charge is 0.226 e. The summed E-state index contributed by atoms with van der Waals surface area (Å²) in [5.74, 6) is 1.55. The Morgan fingerprint density at radius 2 is 1.80 bits per heavy atom. The van der Waals surface area contributed by atoms with Crippen LogP contribution in [0.25, 0.3) is 0 Å². The van der Waals surface area contributed by atoms with Crippen LogP contribution in [0.5, 0.6) is 0 Å². The highest BCUT2D eigenvalue weighted by molar-refractivity contribution is 5.79. The maximum absolute atomic E-state index is 13.6. The van der Waals surface area contributed by atoms with Gasteiger partial charge in [-0.3, -0.25) is 4.79 Å². The number of aliphatic hydroxyl groups excluding tert-OH is 1. The van der Waals surface area contributed by atoms with Crippen molar-refractivity contribution in [1.82, 2.24) is 4.90 Å². The van der Waals surface area contributed by atoms with Crippen LogP contribution in [0, 0.1) is 17.8 Å². The Labute approximate surface area is 120 Å². The second-order valence-electron chi connectivity index (χ2n) is 6.90. The minimum Gasteiger partial charge on any atom is -0.390 e. The van der Waals surface area contributed by atoms with Crippen LogP contribution in [-0.2, 0) is 4.79 Å². The van der Waals surface area contributed by atoms with Crippen LogP contribution in [0.4, 0.5) is 4.39 Å². The SMILES string of the molecule is O=C(C1CCCC2CCCCC21)N1CCC(O)C(F)C1. The number of piperidine rings is 1. The summed E-state index contributed by atoms with van der Waals surface area (Å²) in [6.45, 7) is 0.613. The van der Waals surface area contributed by atoms with Crippen LogP contribution < -0.4 is 0 Å². The lowest BCUT2D eigenvalue weighted by Crippen LogP contribution is -2.51. The Bertz CT molecular complexity index is 360. The average molecular weight is 283 g/mol. The first kappa shape index (κ1) is 14.3. The first-order chi connectivity index (χ1) is 9.66. The summed E-state index contributed by atoms with van der Waals surface area (Å²) in [6, 6.07) is 0. The third-order valence-electron chi connectivity index (χ3n) is 5.71. The van der Waals surface area contributed by atoms with Crippen LogP contribution in [0.3, 0.4) is 0 Å². The normalized spacial score (nSPS) is 42.1. The predicted octanol–water partition coefficient (Wildman–Crippen LogP) is 2.52. The molecule has 20 heavy (non-hydrogen) atoms. The van der Waals surface area contributed by atoms with Crippen molar-refractivity contribution in [2.24, 2.45) is 17.8 Å². The van der Waals surface area contributed by atoms with Crippen molar-refractivity contribution in [2.75, 3.05) is 13.1 Å². The van der Waals surface area contributed by atoms with E-state index in [9.17, 15) is 14.3 Å². The molecule has 5 unspecified atom stereocenters. The summed E-state index contributed by atoms with van der Waals surface area (Å²) in [6.07, 6.45) is 6.65. The zero-order chi connectivity index (χ0) is 14.1. The predicted molar refractivity (Wildman–Crippen MR) is 74.9 cm³/mol. The third-order valence-corrected chi connectivity index (χ3v) is 5.71. The Kier molecular flexibility index (Phi) is 4.29. The Hall–Kier alpha value is -0.640. The molecule has 3 fully saturated rings. The molecule has 3 aliphatic rings. The highest BCUT2D eigenvalue weighted by Gasteiger charge is 2.41. The number of alkyl halides is 1. The van der Waals surface area contributed by atoms with Crippen LogP contribution in [-0.4, -0.2) is 41.3 Å². The number of carbonyl (C=O) groups is 1. The number of aliphatic hydroxyl groups is 1. The lowest BCUT2D eigenvalue weighted by atomic mass is 9.65. The van der Waals surface area contributed by atoms with E-state index in [0.29, 0.717) is 18.9 Å². The van der Waals surface area contributed by atoms with Gasteiger partial charge in [-0.25, -0.2) is 4.39 Å². The highest BCUT2D eigenvalue weighted by atomic mass is 19.1. The van der Waals surface area contributed by atoms with E-state index in [1.54, 1.807) is 4.90 Å². The average Bonchev–Trinajstić information content (AvgIpc) is 2.49. The van der Waals surface area contributed by atoms with Crippen molar-refractivity contribution < 1.29 is 14.3 Å². The number of rotatable bonds is 1. The van der Waals surface area contributed by atoms with E-state index < -0.39 is 12.3 Å². The fourth-order valence-electron chi connectivity index (χ4n) is 4.57. The maximum Gasteiger partial charge on any atom is 0.226 e. The minimum atomic E-state index is -1.27. The molecule has 0 bridgehead atoms. The zero-order valence-electron chi connectivity index (χ0n) is 12.1. The highest BCUT2D eigenvalue weighted by Crippen LogP contribution is 2.44. The molecule has 0 spiro atoms. The molecule has 4 heteroatoms. The molecule has 1 N–H and O–H groups in total. The van der Waals surface area contributed by atoms with Crippen molar-refractivity contribution in [2.45, 2.75) is 63.6 Å². The van der Waals surface area contributed by atoms with Crippen LogP contribution >= 0.6 is 0 Å². The number of likely N-dealkylation sites (tertiary alicyclic amines) is 1. The molecule has 0 aromatic heterocycles. The van der Waals surface area contributed by atoms with Crippen molar-refractivity contribution in [3.63, 3.8) is 0 Å². The first-order valence-corrected chi connectivity index (χ1v) is 8.27. The van der Waals surface area contributed by atoms with Crippen molar-refractivity contribution in [3.8, 4) is 0 Å². The third kappa shape index (κ3) is 2.72. The summed E-state index contributed by atoms with van der Waals surface area (Å²) < 4.78 is 13.6. The standard InChI is InChI=1S/C16H26FNO2/c17-14-10-18(9-8-15(14)19)16(20)13-7-3-5-11-4-1-2-6-12(11)13/h11-15,19H,1-10H2. The van der Waals surface area contributed by atoms with Crippen molar-refractivity contribution in [1.29, 1.82) is 0 Å². The van der Waals surface area contributed by atoms with Gasteiger partial charge in [0.25, 0.3) is 0 Å². The van der Waals surface area contributed by atoms with E-state index in [0.717, 1.165) is 18.8 Å². The zero-order valence-corrected chi connectivity index (χ0v) is 12.1. The van der Waals surface area contributed by atoms with Gasteiger partial charge in [0.05, 0.1) is 12.6 Å². The molecule has 3 rings (SSSR count). The van der Waals surface area contributed by atoms with Gasteiger partial charge in [0.1, 0.15) is 6.17 Å². The van der Waals surface area contributed by atoms with Crippen LogP contribution in [0.2, 0.25) is 0 Å². The number of amides is 1. The van der Waals surface area contributed by atoms with E-state index in [2.05, 4.69) is 0 Å². The number of nitrogens with zero attached hydrogens (tertiary/aromatic N) is 1. The van der Waals surface area contributed by atoms with Gasteiger partial charge in [0.2, 0.25) is 5.91 Å². The molecule has 0 aromatic rings. The van der Waals surface area contributed by atoms with E-state index >= 15 is 0 Å². The monoisotopic (exact) mass is 283 g/mol. The van der Waals surface area contributed by atoms with Gasteiger partial charge in [0.15, 0.2) is 0 Å². The quantitative estimate of drug-likeness (QED) is 0.803. The summed E-state index contributed by atoms with van der Waals surface area (Å²) >= 11 is 0. The van der Waals surface area contributed by atoms with Crippen molar-refractivity contribution in [3.05, 3.63) is 0 Å². The fraction of sp³-hybridized carbons (Fsp3) is 0.938. The number of hydrogen-bond acceptors (Lipinski definition) is 2. The van der Waals surface area contributed by atoms with Gasteiger partial charge >= 0.3 is 0 Å². The van der Waals surface area contributed by atoms with Crippen molar-refractivity contribution >= 4 is 5.91 Å². The van der Waals surface area contributed by atoms with Gasteiger partial charge in [0, 0.05) is 12.5 Å². The fourth-order valence-corrected chi connectivity index (χ4v) is 4.57. The summed E-state index contributed by atoms with van der Waals surface area (Å²) in [5.41, 5.74) is 0. The summed E-state index contributed by atoms with van der Waals surface area (Å²) in [7, 11) is 0. The molecule has 2 aliphatic carbocycles. The second-order valence-corrected chi connectivity index (χ2v) is 6.90. The Morgan fingerprint density at radius 3 is 2.60 bits per heavy atom. The lowest BCUT2D eigenvalue weighted by molar-refractivity contribution is -0.144. The largest absolute Gasteiger partial charge is 0.390 e. The van der Waals surface area contributed by atoms with E-state index in [1.807, 2.05) is 0 Å². The summed E-state index contributed by atoms with van der Waals surface area (Å²) in [4.78, 5) is 14.4. The molecule has 114 valence electrons. The second kappa shape index (κ2) is 6.00. The molecule has 1 saturated heterocycles. The molecule has 3 nitrogen and oxygen atoms in total. The van der Waals surface area contributed by atoms with Gasteiger partial charge < -0.3 is 10.0 Å². The minimum absolute atomic E-state index is 0.0912. The Balaban J connectivity index is 1.66. The number of halogens is 1. The number of carbonyl (C=O) groups excluding carboxylic acids is 1. The molecular formula is C16H26FNO2. The number of hydrogen-bond donors (Lipinski definition) is 1. The van der Waals surface area contributed by atoms with Gasteiger partial charge in [-0.2, -0.15) is 0 Å². The van der Waals surface area contributed by atoms with E-state index in [1.165, 1.54) is 32.1 Å². The molecule has 0 aromatic carbocycles. The molecule has 5 atom stereocenters. The van der Waals surface area contributed by atoms with E-state index in [-0.39, 0.29) is 18.4 Å². The molecule has 2 saturated carbocycles. The maximum atomic E-state index is 13.6. The lowest BCUT2D eigenvalue weighted by Gasteiger charge is -2.43. The van der Waals surface area contributed by atoms with Gasteiger partial charge in [-0.15, -0.1) is 0 Å². The van der Waals surface area contributed by atoms with Gasteiger partial charge in [-0.05, 0) is 31.1 Å². The van der Waals surface area contributed by atoms with E-state index in [4.69, 9.17) is 0 Å². The van der Waals surface area contributed by atoms with Crippen LogP contribution in [0.15, 0.2) is 0 Å². The Morgan fingerprint density at radius 1 is 1.05 bits per heavy atom. The van der Waals surface area contributed by atoms with Crippen LogP contribution in [0.1, 0.15) is 51.4 Å². The van der Waals surface area contributed by atoms with Gasteiger partial charge in [-0.1, -0.05) is 32.1 Å². The summed E-state index contributed by atoms with van der Waals surface area (Å²) in [5, 5.41) is 9.46. The molecule has 1 amide bonds. The number of fused-ring (bicyclic) bond motifs is 1.